The lowest BCUT2D eigenvalue weighted by Crippen LogP contribution is -2.26. The van der Waals surface area contributed by atoms with Crippen molar-refractivity contribution in [2.75, 3.05) is 12.3 Å². The highest BCUT2D eigenvalue weighted by Crippen LogP contribution is 2.14. The van der Waals surface area contributed by atoms with E-state index in [9.17, 15) is 13.2 Å². The number of aromatic nitrogens is 2. The lowest BCUT2D eigenvalue weighted by atomic mass is 10.3. The Bertz CT molecular complexity index is 545. The van der Waals surface area contributed by atoms with Gasteiger partial charge in [0.25, 0.3) is 5.91 Å². The van der Waals surface area contributed by atoms with Crippen molar-refractivity contribution >= 4 is 27.3 Å². The highest BCUT2D eigenvalue weighted by Gasteiger charge is 2.20. The number of hydrogen-bond acceptors (Lipinski definition) is 5. The molecule has 1 aromatic rings. The Balaban J connectivity index is 3.13. The van der Waals surface area contributed by atoms with Gasteiger partial charge in [-0.1, -0.05) is 25.4 Å². The molecule has 0 spiro atoms. The van der Waals surface area contributed by atoms with E-state index in [1.165, 1.54) is 6.92 Å². The largest absolute Gasteiger partial charge is 0.351 e. The molecule has 0 saturated heterocycles. The van der Waals surface area contributed by atoms with Crippen LogP contribution in [0.4, 0.5) is 0 Å². The summed E-state index contributed by atoms with van der Waals surface area (Å²) in [5.74, 6) is -0.637. The fourth-order valence-corrected chi connectivity index (χ4v) is 1.99. The van der Waals surface area contributed by atoms with Crippen LogP contribution in [0.2, 0.25) is 5.02 Å². The van der Waals surface area contributed by atoms with Crippen LogP contribution in [-0.4, -0.2) is 36.6 Å². The molecule has 0 fully saturated rings. The van der Waals surface area contributed by atoms with Crippen LogP contribution >= 0.6 is 11.6 Å². The van der Waals surface area contributed by atoms with E-state index >= 15 is 0 Å². The lowest BCUT2D eigenvalue weighted by molar-refractivity contribution is 0.0948. The van der Waals surface area contributed by atoms with Gasteiger partial charge in [-0.25, -0.2) is 18.4 Å². The highest BCUT2D eigenvalue weighted by atomic mass is 35.5. The van der Waals surface area contributed by atoms with E-state index in [0.717, 1.165) is 12.6 Å². The van der Waals surface area contributed by atoms with E-state index in [1.807, 2.05) is 6.92 Å². The average Bonchev–Trinajstić information content (AvgIpc) is 2.36. The molecule has 8 heteroatoms. The summed E-state index contributed by atoms with van der Waals surface area (Å²) in [5.41, 5.74) is -0.118. The van der Waals surface area contributed by atoms with E-state index in [-0.39, 0.29) is 21.6 Å². The van der Waals surface area contributed by atoms with Crippen LogP contribution < -0.4 is 5.32 Å². The molecule has 0 aliphatic carbocycles. The molecule has 1 aromatic heterocycles. The lowest BCUT2D eigenvalue weighted by Gasteiger charge is -2.06. The van der Waals surface area contributed by atoms with E-state index in [4.69, 9.17) is 11.6 Å². The predicted molar refractivity (Wildman–Crippen MR) is 67.4 cm³/mol. The predicted octanol–water partition coefficient (Wildman–Crippen LogP) is 1.06. The first-order chi connectivity index (χ1) is 8.42. The molecular weight excluding hydrogens is 278 g/mol. The topological polar surface area (TPSA) is 89.0 Å². The fraction of sp³-hybridized carbons (Fsp3) is 0.500. The third-order valence-corrected chi connectivity index (χ3v) is 3.92. The first-order valence-corrected chi connectivity index (χ1v) is 7.48. The molecule has 0 unspecified atom stereocenters. The Labute approximate surface area is 111 Å². The molecule has 0 saturated carbocycles. The van der Waals surface area contributed by atoms with Gasteiger partial charge < -0.3 is 5.32 Å². The number of amides is 1. The molecule has 18 heavy (non-hydrogen) atoms. The molecule has 0 atom stereocenters. The maximum absolute atomic E-state index is 11.7. The number of nitrogens with zero attached hydrogens (tertiary/aromatic N) is 2. The summed E-state index contributed by atoms with van der Waals surface area (Å²) < 4.78 is 23.2. The van der Waals surface area contributed by atoms with Crippen molar-refractivity contribution in [3.63, 3.8) is 0 Å². The van der Waals surface area contributed by atoms with Gasteiger partial charge in [0, 0.05) is 6.54 Å². The van der Waals surface area contributed by atoms with Crippen LogP contribution in [-0.2, 0) is 9.84 Å². The number of nitrogens with one attached hydrogen (secondary N) is 1. The molecule has 6 nitrogen and oxygen atoms in total. The summed E-state index contributed by atoms with van der Waals surface area (Å²) in [6, 6.07) is 0. The summed E-state index contributed by atoms with van der Waals surface area (Å²) in [4.78, 5) is 19.1. The second-order valence-corrected chi connectivity index (χ2v) is 6.09. The molecule has 0 aromatic carbocycles. The summed E-state index contributed by atoms with van der Waals surface area (Å²) >= 11 is 5.78. The fourth-order valence-electron chi connectivity index (χ4n) is 1.11. The third kappa shape index (κ3) is 3.39. The second kappa shape index (κ2) is 6.10. The van der Waals surface area contributed by atoms with Crippen molar-refractivity contribution in [2.24, 2.45) is 0 Å². The number of rotatable bonds is 5. The molecule has 0 bridgehead atoms. The van der Waals surface area contributed by atoms with Crippen LogP contribution in [0.1, 0.15) is 30.8 Å². The smallest absolute Gasteiger partial charge is 0.271 e. The van der Waals surface area contributed by atoms with E-state index in [0.29, 0.717) is 6.54 Å². The van der Waals surface area contributed by atoms with Crippen LogP contribution in [0.5, 0.6) is 0 Å². The second-order valence-electron chi connectivity index (χ2n) is 3.51. The molecule has 1 rings (SSSR count). The molecule has 1 N–H and O–H groups in total. The molecule has 1 heterocycles. The number of hydrogen-bond donors (Lipinski definition) is 1. The number of carbonyl (C=O) groups excluding carboxylic acids is 1. The average molecular weight is 292 g/mol. The molecule has 100 valence electrons. The standard InChI is InChI=1S/C10H14ClN3O3S/c1-3-5-12-9(15)8-7(11)6-13-10(14-8)18(16,17)4-2/h6H,3-5H2,1-2H3,(H,12,15). The van der Waals surface area contributed by atoms with Gasteiger partial charge in [-0.05, 0) is 6.42 Å². The van der Waals surface area contributed by atoms with E-state index < -0.39 is 15.7 Å². The Hall–Kier alpha value is -1.21. The van der Waals surface area contributed by atoms with Crippen LogP contribution in [0.25, 0.3) is 0 Å². The summed E-state index contributed by atoms with van der Waals surface area (Å²) in [7, 11) is -3.55. The van der Waals surface area contributed by atoms with Crippen molar-refractivity contribution < 1.29 is 13.2 Å². The minimum absolute atomic E-state index is 0.0265. The molecule has 0 aliphatic rings. The van der Waals surface area contributed by atoms with E-state index in [1.54, 1.807) is 0 Å². The Morgan fingerprint density at radius 1 is 1.44 bits per heavy atom. The summed E-state index contributed by atoms with van der Waals surface area (Å²) in [6.07, 6.45) is 1.88. The Kier molecular flexibility index (Phi) is 5.03. The highest BCUT2D eigenvalue weighted by molar-refractivity contribution is 7.91. The summed E-state index contributed by atoms with van der Waals surface area (Å²) in [6.45, 7) is 3.84. The number of sulfone groups is 1. The zero-order chi connectivity index (χ0) is 13.8. The number of carbonyl (C=O) groups is 1. The minimum Gasteiger partial charge on any atom is -0.351 e. The van der Waals surface area contributed by atoms with Gasteiger partial charge in [0.1, 0.15) is 0 Å². The van der Waals surface area contributed by atoms with Crippen LogP contribution in [0.3, 0.4) is 0 Å². The van der Waals surface area contributed by atoms with Crippen LogP contribution in [0, 0.1) is 0 Å². The van der Waals surface area contributed by atoms with Crippen molar-refractivity contribution in [1.82, 2.24) is 15.3 Å². The van der Waals surface area contributed by atoms with Gasteiger partial charge in [0.15, 0.2) is 5.69 Å². The van der Waals surface area contributed by atoms with Gasteiger partial charge in [0.05, 0.1) is 17.0 Å². The van der Waals surface area contributed by atoms with Crippen molar-refractivity contribution in [3.05, 3.63) is 16.9 Å². The van der Waals surface area contributed by atoms with Crippen molar-refractivity contribution in [1.29, 1.82) is 0 Å². The maximum Gasteiger partial charge on any atom is 0.271 e. The Morgan fingerprint density at radius 3 is 2.67 bits per heavy atom. The zero-order valence-electron chi connectivity index (χ0n) is 10.1. The molecule has 1 amide bonds. The van der Waals surface area contributed by atoms with Gasteiger partial charge >= 0.3 is 0 Å². The van der Waals surface area contributed by atoms with Gasteiger partial charge in [-0.3, -0.25) is 4.79 Å². The normalized spacial score (nSPS) is 11.3. The minimum atomic E-state index is -3.55. The molecule has 0 radical (unpaired) electrons. The SMILES string of the molecule is CCCNC(=O)c1nc(S(=O)(=O)CC)ncc1Cl. The zero-order valence-corrected chi connectivity index (χ0v) is 11.7. The van der Waals surface area contributed by atoms with E-state index in [2.05, 4.69) is 15.3 Å². The first-order valence-electron chi connectivity index (χ1n) is 5.45. The summed E-state index contributed by atoms with van der Waals surface area (Å²) in [5, 5.41) is 2.23. The monoisotopic (exact) mass is 291 g/mol. The molecular formula is C10H14ClN3O3S. The first kappa shape index (κ1) is 14.8. The van der Waals surface area contributed by atoms with Gasteiger partial charge in [-0.2, -0.15) is 0 Å². The molecule has 0 aliphatic heterocycles. The van der Waals surface area contributed by atoms with Crippen molar-refractivity contribution in [2.45, 2.75) is 25.4 Å². The van der Waals surface area contributed by atoms with Gasteiger partial charge in [0.2, 0.25) is 15.0 Å². The quantitative estimate of drug-likeness (QED) is 0.820. The van der Waals surface area contributed by atoms with Crippen LogP contribution in [0.15, 0.2) is 11.4 Å². The van der Waals surface area contributed by atoms with Gasteiger partial charge in [-0.15, -0.1) is 0 Å². The Morgan fingerprint density at radius 2 is 2.11 bits per heavy atom. The third-order valence-electron chi connectivity index (χ3n) is 2.13. The maximum atomic E-state index is 11.7. The van der Waals surface area contributed by atoms with Crippen molar-refractivity contribution in [3.8, 4) is 0 Å². The number of halogens is 1.